The van der Waals surface area contributed by atoms with Gasteiger partial charge in [-0.25, -0.2) is 4.39 Å². The van der Waals surface area contributed by atoms with Gasteiger partial charge < -0.3 is 14.2 Å². The lowest BCUT2D eigenvalue weighted by molar-refractivity contribution is -0.138. The molecule has 0 unspecified atom stereocenters. The Balaban J connectivity index is 1.22. The highest BCUT2D eigenvalue weighted by Crippen LogP contribution is 2.54. The van der Waals surface area contributed by atoms with Crippen LogP contribution >= 0.6 is 0 Å². The van der Waals surface area contributed by atoms with Gasteiger partial charge in [0.1, 0.15) is 6.33 Å². The van der Waals surface area contributed by atoms with Gasteiger partial charge in [0.25, 0.3) is 5.91 Å². The highest BCUT2D eigenvalue weighted by atomic mass is 19.4. The number of carbonyl (C=O) groups excluding carboxylic acids is 1. The number of nitrogens with zero attached hydrogens (tertiary/aromatic N) is 5. The van der Waals surface area contributed by atoms with Gasteiger partial charge in [-0.1, -0.05) is 12.1 Å². The van der Waals surface area contributed by atoms with E-state index in [1.54, 1.807) is 37.4 Å². The number of likely N-dealkylation sites (tertiary alicyclic amines) is 1. The van der Waals surface area contributed by atoms with E-state index in [1.807, 2.05) is 6.92 Å². The van der Waals surface area contributed by atoms with Gasteiger partial charge in [-0.15, -0.1) is 10.2 Å². The molecule has 4 heterocycles. The number of hydrogen-bond donors (Lipinski definition) is 0. The van der Waals surface area contributed by atoms with Gasteiger partial charge in [0.15, 0.2) is 12.0 Å². The zero-order valence-electron chi connectivity index (χ0n) is 22.9. The van der Waals surface area contributed by atoms with Crippen LogP contribution in [0, 0.1) is 5.41 Å². The number of amides is 1. The fourth-order valence-electron chi connectivity index (χ4n) is 6.76. The lowest BCUT2D eigenvalue weighted by Crippen LogP contribution is -2.50. The molecule has 3 aromatic rings. The van der Waals surface area contributed by atoms with Crippen molar-refractivity contribution in [3.63, 3.8) is 0 Å². The molecule has 11 heteroatoms. The van der Waals surface area contributed by atoms with Gasteiger partial charge in [0, 0.05) is 30.9 Å². The van der Waals surface area contributed by atoms with Crippen LogP contribution in [-0.2, 0) is 29.9 Å². The molecule has 41 heavy (non-hydrogen) atoms. The number of benzene rings is 2. The average Bonchev–Trinajstić information content (AvgIpc) is 3.19. The molecule has 1 spiro atoms. The molecule has 3 aliphatic heterocycles. The molecule has 7 rings (SSSR count). The fraction of sp³-hybridized carbons (Fsp3) is 0.500. The molecule has 1 aliphatic carbocycles. The molecule has 0 N–H and O–H groups in total. The van der Waals surface area contributed by atoms with Crippen LogP contribution in [0.3, 0.4) is 0 Å². The summed E-state index contributed by atoms with van der Waals surface area (Å²) >= 11 is 0. The van der Waals surface area contributed by atoms with E-state index in [0.29, 0.717) is 22.2 Å². The van der Waals surface area contributed by atoms with Crippen molar-refractivity contribution in [2.75, 3.05) is 31.2 Å². The summed E-state index contributed by atoms with van der Waals surface area (Å²) in [5.74, 6) is -0.328. The van der Waals surface area contributed by atoms with Crippen molar-refractivity contribution in [2.24, 2.45) is 12.5 Å². The largest absolute Gasteiger partial charge is 0.416 e. The van der Waals surface area contributed by atoms with Crippen LogP contribution in [0.4, 0.5) is 23.2 Å². The Morgan fingerprint density at radius 2 is 1.88 bits per heavy atom. The topological polar surface area (TPSA) is 63.5 Å². The van der Waals surface area contributed by atoms with Crippen LogP contribution < -0.4 is 4.90 Å². The minimum Gasteiger partial charge on any atom is -0.379 e. The molecule has 2 aromatic carbocycles. The van der Waals surface area contributed by atoms with E-state index in [0.717, 1.165) is 19.5 Å². The summed E-state index contributed by atoms with van der Waals surface area (Å²) in [5, 5.41) is 7.72. The summed E-state index contributed by atoms with van der Waals surface area (Å²) in [6, 6.07) is 9.45. The van der Waals surface area contributed by atoms with Crippen LogP contribution in [0.25, 0.3) is 0 Å². The van der Waals surface area contributed by atoms with Gasteiger partial charge in [-0.2, -0.15) is 13.2 Å². The number of rotatable bonds is 6. The van der Waals surface area contributed by atoms with Gasteiger partial charge in [0.2, 0.25) is 0 Å². The van der Waals surface area contributed by atoms with Crippen molar-refractivity contribution in [2.45, 2.75) is 56.5 Å². The molecule has 2 atom stereocenters. The number of halogens is 4. The molecule has 1 amide bonds. The Morgan fingerprint density at radius 1 is 1.10 bits per heavy atom. The Bertz CT molecular complexity index is 1530. The maximum absolute atomic E-state index is 15.9. The monoisotopic (exact) mass is 569 g/mol. The van der Waals surface area contributed by atoms with Crippen LogP contribution in [0.5, 0.6) is 0 Å². The summed E-state index contributed by atoms with van der Waals surface area (Å²) in [6.07, 6.45) is -1.28. The highest BCUT2D eigenvalue weighted by Gasteiger charge is 2.51. The Morgan fingerprint density at radius 3 is 2.49 bits per heavy atom. The molecular formula is C30H31F4N5O2. The van der Waals surface area contributed by atoms with Crippen molar-refractivity contribution in [1.82, 2.24) is 19.7 Å². The van der Waals surface area contributed by atoms with Gasteiger partial charge in [-0.3, -0.25) is 9.69 Å². The van der Waals surface area contributed by atoms with E-state index in [-0.39, 0.29) is 42.8 Å². The molecular weight excluding hydrogens is 538 g/mol. The van der Waals surface area contributed by atoms with Crippen LogP contribution in [0.2, 0.25) is 0 Å². The van der Waals surface area contributed by atoms with Crippen molar-refractivity contribution in [3.05, 3.63) is 76.4 Å². The van der Waals surface area contributed by atoms with E-state index in [1.165, 1.54) is 34.7 Å². The normalized spacial score (nSPS) is 22.6. The Hall–Kier alpha value is -3.31. The third-order valence-electron chi connectivity index (χ3n) is 9.73. The minimum atomic E-state index is -4.61. The predicted octanol–water partition coefficient (Wildman–Crippen LogP) is 5.52. The molecule has 1 aromatic heterocycles. The zero-order chi connectivity index (χ0) is 28.7. The summed E-state index contributed by atoms with van der Waals surface area (Å²) in [5.41, 5.74) is 0.105. The van der Waals surface area contributed by atoms with Gasteiger partial charge >= 0.3 is 6.18 Å². The first kappa shape index (κ1) is 26.6. The second kappa shape index (κ2) is 9.09. The minimum absolute atomic E-state index is 0.0203. The Kier molecular flexibility index (Phi) is 5.90. The lowest BCUT2D eigenvalue weighted by atomic mass is 9.74. The number of anilines is 1. The highest BCUT2D eigenvalue weighted by molar-refractivity contribution is 6.10. The SMILES string of the molecule is C[C@@H](c1cc2c(c(C(F)(F)F)c1)CN(c1cccc(C3([C@@H](F)c4nncn4C)COC3)c1)C2=O)N1CCC2(CC2)C1. The molecule has 0 radical (unpaired) electrons. The summed E-state index contributed by atoms with van der Waals surface area (Å²) in [4.78, 5) is 17.3. The first-order valence-electron chi connectivity index (χ1n) is 14.0. The quantitative estimate of drug-likeness (QED) is 0.366. The molecule has 0 bridgehead atoms. The number of aromatic nitrogens is 3. The third-order valence-corrected chi connectivity index (χ3v) is 9.73. The summed E-state index contributed by atoms with van der Waals surface area (Å²) < 4.78 is 65.9. The molecule has 4 aliphatic rings. The molecule has 3 fully saturated rings. The maximum Gasteiger partial charge on any atom is 0.416 e. The predicted molar refractivity (Wildman–Crippen MR) is 142 cm³/mol. The van der Waals surface area contributed by atoms with E-state index in [9.17, 15) is 18.0 Å². The number of aryl methyl sites for hydroxylation is 1. The second-order valence-electron chi connectivity index (χ2n) is 12.2. The third kappa shape index (κ3) is 4.19. The van der Waals surface area contributed by atoms with E-state index in [2.05, 4.69) is 15.1 Å². The molecule has 7 nitrogen and oxygen atoms in total. The van der Waals surface area contributed by atoms with E-state index < -0.39 is 29.2 Å². The van der Waals surface area contributed by atoms with Gasteiger partial charge in [-0.05, 0) is 79.1 Å². The molecule has 2 saturated heterocycles. The number of carbonyl (C=O) groups is 1. The number of ether oxygens (including phenoxy) is 1. The second-order valence-corrected chi connectivity index (χ2v) is 12.2. The number of alkyl halides is 4. The summed E-state index contributed by atoms with van der Waals surface area (Å²) in [7, 11) is 1.66. The van der Waals surface area contributed by atoms with Crippen LogP contribution in [0.1, 0.15) is 76.8 Å². The van der Waals surface area contributed by atoms with Crippen molar-refractivity contribution in [1.29, 1.82) is 0 Å². The summed E-state index contributed by atoms with van der Waals surface area (Å²) in [6.45, 7) is 3.66. The van der Waals surface area contributed by atoms with Crippen molar-refractivity contribution < 1.29 is 27.1 Å². The molecule has 216 valence electrons. The Labute approximate surface area is 235 Å². The van der Waals surface area contributed by atoms with Gasteiger partial charge in [0.05, 0.1) is 30.7 Å². The molecule has 1 saturated carbocycles. The smallest absolute Gasteiger partial charge is 0.379 e. The number of fused-ring (bicyclic) bond motifs is 1. The van der Waals surface area contributed by atoms with Crippen LogP contribution in [0.15, 0.2) is 42.7 Å². The average molecular weight is 570 g/mol. The van der Waals surface area contributed by atoms with Crippen molar-refractivity contribution in [3.8, 4) is 0 Å². The lowest BCUT2D eigenvalue weighted by Gasteiger charge is -2.43. The zero-order valence-corrected chi connectivity index (χ0v) is 22.9. The van der Waals surface area contributed by atoms with E-state index in [4.69, 9.17) is 4.74 Å². The number of hydrogen-bond acceptors (Lipinski definition) is 5. The maximum atomic E-state index is 15.9. The van der Waals surface area contributed by atoms with Crippen molar-refractivity contribution >= 4 is 11.6 Å². The first-order chi connectivity index (χ1) is 19.5. The first-order valence-corrected chi connectivity index (χ1v) is 14.0. The van der Waals surface area contributed by atoms with Crippen LogP contribution in [-0.4, -0.2) is 51.9 Å². The fourth-order valence-corrected chi connectivity index (χ4v) is 6.76. The van der Waals surface area contributed by atoms with E-state index >= 15 is 4.39 Å². The standard InChI is InChI=1S/C30H31F4N5O2/c1-18(38-9-8-28(14-38)6-7-28)19-10-22-23(24(11-19)30(32,33)34)13-39(27(22)40)21-5-3-4-20(12-21)29(15-41-16-29)25(31)26-36-35-17-37(26)2/h3-5,10-12,17-18,25H,6-9,13-16H2,1-2H3/t18-,25-/m0/s1.